The van der Waals surface area contributed by atoms with E-state index in [0.717, 1.165) is 12.0 Å². The van der Waals surface area contributed by atoms with Crippen molar-refractivity contribution >= 4 is 17.4 Å². The average Bonchev–Trinajstić information content (AvgIpc) is 2.75. The van der Waals surface area contributed by atoms with Gasteiger partial charge in [-0.05, 0) is 18.9 Å². The highest BCUT2D eigenvalue weighted by Crippen LogP contribution is 2.29. The molecular formula is C13H15ClO2. The van der Waals surface area contributed by atoms with Gasteiger partial charge in [0.05, 0.1) is 12.7 Å². The number of Topliss-reactive ketones (excluding diaryl/α,β-unsaturated/α-hetero) is 1. The van der Waals surface area contributed by atoms with Crippen LogP contribution >= 0.6 is 11.6 Å². The van der Waals surface area contributed by atoms with E-state index in [2.05, 4.69) is 0 Å². The lowest BCUT2D eigenvalue weighted by atomic mass is 9.95. The highest BCUT2D eigenvalue weighted by molar-refractivity contribution is 6.31. The number of ketones is 1. The van der Waals surface area contributed by atoms with Gasteiger partial charge in [-0.1, -0.05) is 30.3 Å². The highest BCUT2D eigenvalue weighted by Gasteiger charge is 2.32. The second-order valence-corrected chi connectivity index (χ2v) is 4.69. The summed E-state index contributed by atoms with van der Waals surface area (Å²) in [7, 11) is 0. The van der Waals surface area contributed by atoms with Gasteiger partial charge in [0.1, 0.15) is 5.38 Å². The first-order valence-electron chi connectivity index (χ1n) is 5.53. The van der Waals surface area contributed by atoms with Crippen LogP contribution in [-0.2, 0) is 9.53 Å². The van der Waals surface area contributed by atoms with E-state index in [9.17, 15) is 4.79 Å². The third-order valence-corrected chi connectivity index (χ3v) is 3.41. The topological polar surface area (TPSA) is 26.3 Å². The zero-order chi connectivity index (χ0) is 11.5. The fraction of sp³-hybridized carbons (Fsp3) is 0.462. The first-order chi connectivity index (χ1) is 7.68. The van der Waals surface area contributed by atoms with Gasteiger partial charge in [-0.15, -0.1) is 11.6 Å². The van der Waals surface area contributed by atoms with E-state index in [4.69, 9.17) is 16.3 Å². The van der Waals surface area contributed by atoms with Crippen LogP contribution in [0, 0.1) is 5.92 Å². The van der Waals surface area contributed by atoms with Crippen molar-refractivity contribution in [2.24, 2.45) is 5.92 Å². The maximum Gasteiger partial charge on any atom is 0.160 e. The Morgan fingerprint density at radius 2 is 2.12 bits per heavy atom. The first-order valence-corrected chi connectivity index (χ1v) is 5.96. The molecule has 3 heteroatoms. The number of alkyl halides is 1. The molecule has 86 valence electrons. The summed E-state index contributed by atoms with van der Waals surface area (Å²) in [5.74, 6) is 0.0370. The number of carbonyl (C=O) groups excluding carboxylic acids is 1. The summed E-state index contributed by atoms with van der Waals surface area (Å²) in [6.45, 7) is 2.50. The van der Waals surface area contributed by atoms with Gasteiger partial charge in [-0.2, -0.15) is 0 Å². The molecular weight excluding hydrogens is 224 g/mol. The Hall–Kier alpha value is -0.860. The van der Waals surface area contributed by atoms with Crippen LogP contribution in [0.2, 0.25) is 0 Å². The molecule has 1 aromatic carbocycles. The molecule has 0 N–H and O–H groups in total. The zero-order valence-corrected chi connectivity index (χ0v) is 9.98. The average molecular weight is 239 g/mol. The lowest BCUT2D eigenvalue weighted by Gasteiger charge is -2.12. The van der Waals surface area contributed by atoms with Crippen molar-refractivity contribution in [3.63, 3.8) is 0 Å². The number of halogens is 1. The van der Waals surface area contributed by atoms with Gasteiger partial charge in [0.15, 0.2) is 5.78 Å². The maximum atomic E-state index is 12.1. The minimum Gasteiger partial charge on any atom is -0.378 e. The summed E-state index contributed by atoms with van der Waals surface area (Å²) >= 11 is 6.18. The third-order valence-electron chi connectivity index (χ3n) is 2.94. The lowest BCUT2D eigenvalue weighted by Crippen LogP contribution is -2.19. The molecule has 1 fully saturated rings. The molecule has 2 rings (SSSR count). The Balaban J connectivity index is 2.05. The monoisotopic (exact) mass is 238 g/mol. The van der Waals surface area contributed by atoms with Crippen LogP contribution in [0.15, 0.2) is 30.3 Å². The molecule has 0 saturated carbocycles. The van der Waals surface area contributed by atoms with E-state index >= 15 is 0 Å². The van der Waals surface area contributed by atoms with Crippen LogP contribution < -0.4 is 0 Å². The molecule has 1 aromatic rings. The molecule has 1 heterocycles. The van der Waals surface area contributed by atoms with E-state index in [-0.39, 0.29) is 17.8 Å². The Bertz CT molecular complexity index is 363. The molecule has 0 amide bonds. The molecule has 0 bridgehead atoms. The predicted molar refractivity (Wildman–Crippen MR) is 63.6 cm³/mol. The highest BCUT2D eigenvalue weighted by atomic mass is 35.5. The molecule has 1 aliphatic heterocycles. The van der Waals surface area contributed by atoms with Crippen LogP contribution in [0.4, 0.5) is 0 Å². The summed E-state index contributed by atoms with van der Waals surface area (Å²) in [5, 5.41) is -0.542. The second kappa shape index (κ2) is 4.98. The van der Waals surface area contributed by atoms with Crippen molar-refractivity contribution in [1.82, 2.24) is 0 Å². The Morgan fingerprint density at radius 3 is 2.69 bits per heavy atom. The molecule has 1 saturated heterocycles. The summed E-state index contributed by atoms with van der Waals surface area (Å²) in [6.07, 6.45) is 0.961. The van der Waals surface area contributed by atoms with Crippen LogP contribution in [-0.4, -0.2) is 18.5 Å². The van der Waals surface area contributed by atoms with Crippen LogP contribution in [0.3, 0.4) is 0 Å². The van der Waals surface area contributed by atoms with Gasteiger partial charge in [-0.25, -0.2) is 0 Å². The van der Waals surface area contributed by atoms with Gasteiger partial charge in [0.25, 0.3) is 0 Å². The first kappa shape index (κ1) is 11.6. The summed E-state index contributed by atoms with van der Waals surface area (Å²) in [5.41, 5.74) is 0.869. The Labute approximate surface area is 101 Å². The van der Waals surface area contributed by atoms with Gasteiger partial charge < -0.3 is 4.74 Å². The normalized spacial score (nSPS) is 26.6. The van der Waals surface area contributed by atoms with Crippen molar-refractivity contribution in [3.8, 4) is 0 Å². The molecule has 0 spiro atoms. The molecule has 3 atom stereocenters. The van der Waals surface area contributed by atoms with Crippen LogP contribution in [0.25, 0.3) is 0 Å². The third kappa shape index (κ3) is 2.45. The fourth-order valence-corrected chi connectivity index (χ4v) is 2.33. The minimum atomic E-state index is -0.542. The van der Waals surface area contributed by atoms with Crippen molar-refractivity contribution in [2.45, 2.75) is 24.8 Å². The van der Waals surface area contributed by atoms with E-state index in [1.165, 1.54) is 0 Å². The zero-order valence-electron chi connectivity index (χ0n) is 9.23. The number of benzene rings is 1. The van der Waals surface area contributed by atoms with Gasteiger partial charge >= 0.3 is 0 Å². The van der Waals surface area contributed by atoms with Gasteiger partial charge in [0, 0.05) is 5.92 Å². The molecule has 0 aliphatic carbocycles. The molecule has 16 heavy (non-hydrogen) atoms. The van der Waals surface area contributed by atoms with Crippen LogP contribution in [0.5, 0.6) is 0 Å². The molecule has 2 nitrogen and oxygen atoms in total. The number of rotatable bonds is 3. The number of hydrogen-bond donors (Lipinski definition) is 0. The summed E-state index contributed by atoms with van der Waals surface area (Å²) < 4.78 is 5.39. The quantitative estimate of drug-likeness (QED) is 0.757. The minimum absolute atomic E-state index is 0.0438. The molecule has 3 unspecified atom stereocenters. The van der Waals surface area contributed by atoms with Crippen molar-refractivity contribution in [2.75, 3.05) is 6.61 Å². The van der Waals surface area contributed by atoms with Crippen LogP contribution in [0.1, 0.15) is 24.3 Å². The van der Waals surface area contributed by atoms with Crippen molar-refractivity contribution < 1.29 is 9.53 Å². The maximum absolute atomic E-state index is 12.1. The molecule has 0 radical (unpaired) electrons. The van der Waals surface area contributed by atoms with Gasteiger partial charge in [0.2, 0.25) is 0 Å². The van der Waals surface area contributed by atoms with Crippen molar-refractivity contribution in [3.05, 3.63) is 35.9 Å². The van der Waals surface area contributed by atoms with E-state index in [0.29, 0.717) is 6.61 Å². The van der Waals surface area contributed by atoms with E-state index in [1.54, 1.807) is 0 Å². The SMILES string of the molecule is CC1CC(C(=O)C(Cl)c2ccccc2)CO1. The molecule has 1 aliphatic rings. The lowest BCUT2D eigenvalue weighted by molar-refractivity contribution is -0.122. The van der Waals surface area contributed by atoms with Gasteiger partial charge in [-0.3, -0.25) is 4.79 Å². The predicted octanol–water partition coefficient (Wildman–Crippen LogP) is 2.96. The largest absolute Gasteiger partial charge is 0.378 e. The standard InChI is InChI=1S/C13H15ClO2/c1-9-7-11(8-16-9)13(15)12(14)10-5-3-2-4-6-10/h2-6,9,11-12H,7-8H2,1H3. The van der Waals surface area contributed by atoms with E-state index in [1.807, 2.05) is 37.3 Å². The molecule has 0 aromatic heterocycles. The number of ether oxygens (including phenoxy) is 1. The summed E-state index contributed by atoms with van der Waals surface area (Å²) in [6, 6.07) is 9.47. The Kier molecular flexibility index (Phi) is 3.62. The number of carbonyl (C=O) groups is 1. The van der Waals surface area contributed by atoms with E-state index < -0.39 is 5.38 Å². The summed E-state index contributed by atoms with van der Waals surface area (Å²) in [4.78, 5) is 12.1. The van der Waals surface area contributed by atoms with Crippen molar-refractivity contribution in [1.29, 1.82) is 0 Å². The Morgan fingerprint density at radius 1 is 1.44 bits per heavy atom. The second-order valence-electron chi connectivity index (χ2n) is 4.25. The number of hydrogen-bond acceptors (Lipinski definition) is 2. The smallest absolute Gasteiger partial charge is 0.160 e. The fourth-order valence-electron chi connectivity index (χ4n) is 2.01.